The molecule has 1 N–H and O–H groups in total. The Morgan fingerprint density at radius 3 is 2.24 bits per heavy atom. The van der Waals surface area contributed by atoms with Crippen molar-refractivity contribution < 1.29 is 22.8 Å². The smallest absolute Gasteiger partial charge is 0.339 e. The number of benzene rings is 2. The molecule has 1 saturated heterocycles. The first kappa shape index (κ1) is 20.4. The second-order valence-corrected chi connectivity index (χ2v) is 6.79. The molecule has 1 aliphatic rings. The van der Waals surface area contributed by atoms with Gasteiger partial charge in [0.2, 0.25) is 5.91 Å². The van der Waals surface area contributed by atoms with Crippen LogP contribution < -0.4 is 5.32 Å². The Balaban J connectivity index is 1.57. The minimum Gasteiger partial charge on any atom is -0.339 e. The Kier molecular flexibility index (Phi) is 5.87. The monoisotopic (exact) mass is 401 g/mol. The van der Waals surface area contributed by atoms with Gasteiger partial charge in [0.05, 0.1) is 22.8 Å². The molecule has 0 unspecified atom stereocenters. The van der Waals surface area contributed by atoms with Crippen LogP contribution in [-0.4, -0.2) is 29.8 Å². The average molecular weight is 401 g/mol. The van der Waals surface area contributed by atoms with Crippen LogP contribution in [-0.2, 0) is 11.0 Å². The fourth-order valence-electron chi connectivity index (χ4n) is 3.27. The zero-order valence-corrected chi connectivity index (χ0v) is 15.4. The van der Waals surface area contributed by atoms with Gasteiger partial charge in [-0.05, 0) is 49.2 Å². The summed E-state index contributed by atoms with van der Waals surface area (Å²) in [7, 11) is 0. The Hall–Kier alpha value is -3.34. The SMILES string of the molecule is N#Cc1ccccc1C(=O)N1CCC(C(=O)Nc2ccc(C(F)(F)F)cc2)CC1. The molecule has 1 heterocycles. The van der Waals surface area contributed by atoms with E-state index in [9.17, 15) is 22.8 Å². The van der Waals surface area contributed by atoms with Gasteiger partial charge in [-0.15, -0.1) is 0 Å². The summed E-state index contributed by atoms with van der Waals surface area (Å²) >= 11 is 0. The highest BCUT2D eigenvalue weighted by molar-refractivity contribution is 5.97. The number of carbonyl (C=O) groups excluding carboxylic acids is 2. The predicted molar refractivity (Wildman–Crippen MR) is 99.9 cm³/mol. The molecule has 29 heavy (non-hydrogen) atoms. The van der Waals surface area contributed by atoms with Crippen LogP contribution in [0.5, 0.6) is 0 Å². The highest BCUT2D eigenvalue weighted by atomic mass is 19.4. The van der Waals surface area contributed by atoms with Crippen molar-refractivity contribution in [2.45, 2.75) is 19.0 Å². The summed E-state index contributed by atoms with van der Waals surface area (Å²) in [6, 6.07) is 12.8. The highest BCUT2D eigenvalue weighted by Crippen LogP contribution is 2.30. The molecule has 5 nitrogen and oxygen atoms in total. The van der Waals surface area contributed by atoms with E-state index >= 15 is 0 Å². The number of carbonyl (C=O) groups is 2. The molecule has 0 saturated carbocycles. The number of piperidine rings is 1. The lowest BCUT2D eigenvalue weighted by atomic mass is 9.95. The molecule has 0 spiro atoms. The van der Waals surface area contributed by atoms with Gasteiger partial charge in [-0.2, -0.15) is 18.4 Å². The van der Waals surface area contributed by atoms with Crippen LogP contribution in [0.15, 0.2) is 48.5 Å². The number of hydrogen-bond donors (Lipinski definition) is 1. The molecule has 8 heteroatoms. The first-order chi connectivity index (χ1) is 13.8. The number of nitrogens with one attached hydrogen (secondary N) is 1. The van der Waals surface area contributed by atoms with E-state index in [-0.39, 0.29) is 17.7 Å². The second kappa shape index (κ2) is 8.35. The van der Waals surface area contributed by atoms with Gasteiger partial charge in [-0.1, -0.05) is 12.1 Å². The number of nitrogens with zero attached hydrogens (tertiary/aromatic N) is 2. The van der Waals surface area contributed by atoms with Gasteiger partial charge < -0.3 is 10.2 Å². The van der Waals surface area contributed by atoms with Crippen molar-refractivity contribution in [3.63, 3.8) is 0 Å². The number of rotatable bonds is 3. The number of halogens is 3. The summed E-state index contributed by atoms with van der Waals surface area (Å²) in [6.07, 6.45) is -3.55. The largest absolute Gasteiger partial charge is 0.416 e. The van der Waals surface area contributed by atoms with Crippen molar-refractivity contribution in [3.05, 3.63) is 65.2 Å². The Labute approximate surface area is 165 Å². The fraction of sp³-hybridized carbons (Fsp3) is 0.286. The number of nitriles is 1. The van der Waals surface area contributed by atoms with Gasteiger partial charge in [0.15, 0.2) is 0 Å². The molecule has 150 valence electrons. The molecule has 0 aromatic heterocycles. The number of amides is 2. The molecule has 2 amide bonds. The molecule has 3 rings (SSSR count). The lowest BCUT2D eigenvalue weighted by Crippen LogP contribution is -2.41. The van der Waals surface area contributed by atoms with Crippen molar-refractivity contribution in [1.29, 1.82) is 5.26 Å². The summed E-state index contributed by atoms with van der Waals surface area (Å²) < 4.78 is 37.8. The first-order valence-electron chi connectivity index (χ1n) is 9.06. The van der Waals surface area contributed by atoms with Crippen LogP contribution in [0.3, 0.4) is 0 Å². The second-order valence-electron chi connectivity index (χ2n) is 6.79. The van der Waals surface area contributed by atoms with Crippen LogP contribution >= 0.6 is 0 Å². The summed E-state index contributed by atoms with van der Waals surface area (Å²) in [6.45, 7) is 0.730. The van der Waals surface area contributed by atoms with E-state index in [0.29, 0.717) is 42.7 Å². The van der Waals surface area contributed by atoms with E-state index < -0.39 is 11.7 Å². The Morgan fingerprint density at radius 2 is 1.66 bits per heavy atom. The van der Waals surface area contributed by atoms with E-state index in [1.54, 1.807) is 29.2 Å². The lowest BCUT2D eigenvalue weighted by Gasteiger charge is -2.31. The lowest BCUT2D eigenvalue weighted by molar-refractivity contribution is -0.137. The van der Waals surface area contributed by atoms with Gasteiger partial charge in [0, 0.05) is 24.7 Å². The third-order valence-corrected chi connectivity index (χ3v) is 4.91. The third-order valence-electron chi connectivity index (χ3n) is 4.91. The summed E-state index contributed by atoms with van der Waals surface area (Å²) in [4.78, 5) is 26.7. The van der Waals surface area contributed by atoms with E-state index in [2.05, 4.69) is 5.32 Å². The molecule has 0 atom stereocenters. The van der Waals surface area contributed by atoms with Crippen LogP contribution in [0.4, 0.5) is 18.9 Å². The zero-order valence-electron chi connectivity index (χ0n) is 15.4. The normalized spacial score (nSPS) is 14.9. The standard InChI is InChI=1S/C21H18F3N3O2/c22-21(23,24)16-5-7-17(8-6-16)26-19(28)14-9-11-27(12-10-14)20(29)18-4-2-1-3-15(18)13-25/h1-8,14H,9-12H2,(H,26,28). The number of anilines is 1. The summed E-state index contributed by atoms with van der Waals surface area (Å²) in [5.74, 6) is -0.870. The van der Waals surface area contributed by atoms with Gasteiger partial charge >= 0.3 is 6.18 Å². The molecule has 1 fully saturated rings. The average Bonchev–Trinajstić information content (AvgIpc) is 2.73. The van der Waals surface area contributed by atoms with Crippen LogP contribution in [0.2, 0.25) is 0 Å². The fourth-order valence-corrected chi connectivity index (χ4v) is 3.27. The van der Waals surface area contributed by atoms with E-state index in [4.69, 9.17) is 5.26 Å². The number of hydrogen-bond acceptors (Lipinski definition) is 3. The number of alkyl halides is 3. The summed E-state index contributed by atoms with van der Waals surface area (Å²) in [5.41, 5.74) is 0.159. The summed E-state index contributed by atoms with van der Waals surface area (Å²) in [5, 5.41) is 11.8. The van der Waals surface area contributed by atoms with Gasteiger partial charge in [-0.25, -0.2) is 0 Å². The molecule has 2 aromatic carbocycles. The van der Waals surface area contributed by atoms with Crippen molar-refractivity contribution in [1.82, 2.24) is 4.90 Å². The van der Waals surface area contributed by atoms with Gasteiger partial charge in [-0.3, -0.25) is 9.59 Å². The van der Waals surface area contributed by atoms with Gasteiger partial charge in [0.1, 0.15) is 0 Å². The quantitative estimate of drug-likeness (QED) is 0.843. The maximum Gasteiger partial charge on any atom is 0.416 e. The first-order valence-corrected chi connectivity index (χ1v) is 9.06. The molecule has 2 aromatic rings. The molecule has 0 radical (unpaired) electrons. The van der Waals surface area contributed by atoms with Gasteiger partial charge in [0.25, 0.3) is 5.91 Å². The highest BCUT2D eigenvalue weighted by Gasteiger charge is 2.31. The Morgan fingerprint density at radius 1 is 1.03 bits per heavy atom. The molecule has 0 bridgehead atoms. The minimum atomic E-state index is -4.42. The van der Waals surface area contributed by atoms with Crippen molar-refractivity contribution >= 4 is 17.5 Å². The maximum atomic E-state index is 12.6. The van der Waals surface area contributed by atoms with Crippen molar-refractivity contribution in [2.75, 3.05) is 18.4 Å². The Bertz CT molecular complexity index is 941. The van der Waals surface area contributed by atoms with Crippen LogP contribution in [0, 0.1) is 17.2 Å². The van der Waals surface area contributed by atoms with Crippen molar-refractivity contribution in [3.8, 4) is 6.07 Å². The van der Waals surface area contributed by atoms with E-state index in [0.717, 1.165) is 12.1 Å². The topological polar surface area (TPSA) is 73.2 Å². The third kappa shape index (κ3) is 4.74. The molecular weight excluding hydrogens is 383 g/mol. The minimum absolute atomic E-state index is 0.247. The van der Waals surface area contributed by atoms with Crippen LogP contribution in [0.1, 0.15) is 34.3 Å². The van der Waals surface area contributed by atoms with E-state index in [1.165, 1.54) is 12.1 Å². The van der Waals surface area contributed by atoms with Crippen LogP contribution in [0.25, 0.3) is 0 Å². The molecule has 0 aliphatic carbocycles. The van der Waals surface area contributed by atoms with Crippen molar-refractivity contribution in [2.24, 2.45) is 5.92 Å². The maximum absolute atomic E-state index is 12.6. The number of likely N-dealkylation sites (tertiary alicyclic amines) is 1. The van der Waals surface area contributed by atoms with E-state index in [1.807, 2.05) is 6.07 Å². The molecule has 1 aliphatic heterocycles. The predicted octanol–water partition coefficient (Wildman–Crippen LogP) is 4.07. The molecular formula is C21H18F3N3O2. The zero-order chi connectivity index (χ0) is 21.0.